The minimum absolute atomic E-state index is 0.0419. The lowest BCUT2D eigenvalue weighted by molar-refractivity contribution is -0.144. The predicted molar refractivity (Wildman–Crippen MR) is 359 cm³/mol. The number of H-pyrrole nitrogens is 1. The number of amides is 3. The van der Waals surface area contributed by atoms with Gasteiger partial charge in [-0.25, -0.2) is 10.2 Å². The Balaban J connectivity index is 0.000000171. The Morgan fingerprint density at radius 3 is 1.27 bits per heavy atom. The number of carbonyl (C=O) groups is 6. The van der Waals surface area contributed by atoms with Crippen molar-refractivity contribution < 1.29 is 43.3 Å². The molecule has 24 nitrogen and oxygen atoms in total. The van der Waals surface area contributed by atoms with Crippen molar-refractivity contribution in [2.75, 3.05) is 13.2 Å². The van der Waals surface area contributed by atoms with Gasteiger partial charge in [-0.2, -0.15) is 5.21 Å². The van der Waals surface area contributed by atoms with Gasteiger partial charge >= 0.3 is 17.9 Å². The highest BCUT2D eigenvalue weighted by Crippen LogP contribution is 2.24. The third kappa shape index (κ3) is 21.5. The Morgan fingerprint density at radius 2 is 0.854 bits per heavy atom. The van der Waals surface area contributed by atoms with E-state index in [0.29, 0.717) is 32.4 Å². The average molecular weight is 1290 g/mol. The number of nitrogens with zero attached hydrogens (tertiary/aromatic N) is 9. The molecule has 0 spiro atoms. The Hall–Kier alpha value is -12.1. The fourth-order valence-corrected chi connectivity index (χ4v) is 10.3. The van der Waals surface area contributed by atoms with Gasteiger partial charge in [0.2, 0.25) is 11.7 Å². The molecule has 10 aromatic rings. The number of hydrazone groups is 1. The number of carboxylic acid groups (broad SMARTS) is 1. The monoisotopic (exact) mass is 1290 g/mol. The first-order chi connectivity index (χ1) is 46.8. The Labute approximate surface area is 554 Å². The highest BCUT2D eigenvalue weighted by molar-refractivity contribution is 6.38. The lowest BCUT2D eigenvalue weighted by Crippen LogP contribution is -2.48. The zero-order valence-electron chi connectivity index (χ0n) is 52.9. The zero-order chi connectivity index (χ0) is 67.3. The summed E-state index contributed by atoms with van der Waals surface area (Å²) in [4.78, 5) is 73.6. The molecule has 490 valence electrons. The van der Waals surface area contributed by atoms with E-state index in [-0.39, 0.29) is 61.9 Å². The second-order valence-corrected chi connectivity index (χ2v) is 22.1. The van der Waals surface area contributed by atoms with Gasteiger partial charge in [0.25, 0.3) is 23.5 Å². The number of rotatable bonds is 27. The summed E-state index contributed by atoms with van der Waals surface area (Å²) >= 11 is 0. The highest BCUT2D eigenvalue weighted by atomic mass is 16.5. The first kappa shape index (κ1) is 68.3. The minimum Gasteiger partial charge on any atom is -0.481 e. The number of hydrazine groups is 2. The van der Waals surface area contributed by atoms with E-state index >= 15 is 0 Å². The molecule has 2 aromatic heterocycles. The molecule has 3 heterocycles. The number of aromatic nitrogens is 8. The van der Waals surface area contributed by atoms with Gasteiger partial charge in [0.15, 0.2) is 0 Å². The van der Waals surface area contributed by atoms with E-state index in [9.17, 15) is 28.8 Å². The third-order valence-corrected chi connectivity index (χ3v) is 14.9. The summed E-state index contributed by atoms with van der Waals surface area (Å²) in [7, 11) is 0. The highest BCUT2D eigenvalue weighted by Gasteiger charge is 2.27. The summed E-state index contributed by atoms with van der Waals surface area (Å²) in [5.41, 5.74) is 17.3. The molecule has 0 radical (unpaired) electrons. The molecule has 0 unspecified atom stereocenters. The number of aromatic amines is 1. The molecule has 11 rings (SSSR count). The first-order valence-electron chi connectivity index (χ1n) is 31.2. The Kier molecular flexibility index (Phi) is 25.4. The number of carbonyl (C=O) groups excluding carboxylic acids is 5. The molecule has 0 saturated heterocycles. The van der Waals surface area contributed by atoms with Crippen LogP contribution in [0.15, 0.2) is 230 Å². The molecular formula is C72H73N15O9. The average Bonchev–Trinajstić information content (AvgIpc) is 1.82. The maximum absolute atomic E-state index is 13.1. The summed E-state index contributed by atoms with van der Waals surface area (Å²) in [6.07, 6.45) is 1.22. The van der Waals surface area contributed by atoms with Gasteiger partial charge in [-0.15, -0.1) is 25.5 Å². The van der Waals surface area contributed by atoms with E-state index in [1.54, 1.807) is 19.0 Å². The van der Waals surface area contributed by atoms with Gasteiger partial charge in [-0.05, 0) is 110 Å². The molecule has 0 fully saturated rings. The van der Waals surface area contributed by atoms with Crippen LogP contribution >= 0.6 is 0 Å². The first-order valence-corrected chi connectivity index (χ1v) is 31.2. The van der Waals surface area contributed by atoms with Gasteiger partial charge in [0.05, 0.1) is 45.6 Å². The van der Waals surface area contributed by atoms with Crippen molar-refractivity contribution in [2.24, 2.45) is 5.10 Å². The molecule has 0 bridgehead atoms. The van der Waals surface area contributed by atoms with Crippen LogP contribution in [0.2, 0.25) is 0 Å². The number of hydrogen-bond acceptors (Lipinski definition) is 18. The molecule has 1 aliphatic heterocycles. The molecule has 3 atom stereocenters. The van der Waals surface area contributed by atoms with Crippen LogP contribution in [0, 0.1) is 0 Å². The zero-order valence-corrected chi connectivity index (χ0v) is 52.9. The van der Waals surface area contributed by atoms with E-state index in [4.69, 9.17) is 14.6 Å². The number of ether oxygens (including phenoxy) is 2. The largest absolute Gasteiger partial charge is 0.481 e. The Bertz CT molecular complexity index is 4100. The summed E-state index contributed by atoms with van der Waals surface area (Å²) in [5.74, 6) is -3.04. The van der Waals surface area contributed by atoms with Crippen LogP contribution in [0.3, 0.4) is 0 Å². The fraction of sp³-hybridized carbons (Fsp3) is 0.208. The summed E-state index contributed by atoms with van der Waals surface area (Å²) in [5, 5.41) is 47.5. The van der Waals surface area contributed by atoms with Crippen LogP contribution in [-0.2, 0) is 61.0 Å². The second-order valence-electron chi connectivity index (χ2n) is 22.1. The summed E-state index contributed by atoms with van der Waals surface area (Å²) in [6.45, 7) is 4.96. The van der Waals surface area contributed by atoms with Gasteiger partial charge < -0.3 is 30.5 Å². The van der Waals surface area contributed by atoms with Crippen molar-refractivity contribution in [3.8, 4) is 33.4 Å². The topological polar surface area (TPSA) is 315 Å². The number of amidine groups is 1. The summed E-state index contributed by atoms with van der Waals surface area (Å²) < 4.78 is 11.7. The van der Waals surface area contributed by atoms with Crippen molar-refractivity contribution in [2.45, 2.75) is 83.6 Å². The normalized spacial score (nSPS) is 12.4. The third-order valence-electron chi connectivity index (χ3n) is 14.9. The van der Waals surface area contributed by atoms with Crippen LogP contribution in [0.4, 0.5) is 0 Å². The molecule has 3 amide bonds. The van der Waals surface area contributed by atoms with E-state index in [1.807, 2.05) is 200 Å². The lowest BCUT2D eigenvalue weighted by Gasteiger charge is -2.19. The van der Waals surface area contributed by atoms with E-state index in [2.05, 4.69) is 92.4 Å². The number of carboxylic acids is 1. The van der Waals surface area contributed by atoms with E-state index in [0.717, 1.165) is 61.2 Å². The molecular weight excluding hydrogens is 1220 g/mol. The molecule has 1 aliphatic rings. The second kappa shape index (κ2) is 35.7. The molecule has 96 heavy (non-hydrogen) atoms. The smallest absolute Gasteiger partial charge is 0.307 e. The Morgan fingerprint density at radius 1 is 0.458 bits per heavy atom. The maximum atomic E-state index is 13.1. The van der Waals surface area contributed by atoms with Gasteiger partial charge in [-0.3, -0.25) is 34.2 Å². The number of benzene rings is 8. The predicted octanol–water partition coefficient (Wildman–Crippen LogP) is 8.54. The quantitative estimate of drug-likeness (QED) is 0.0237. The van der Waals surface area contributed by atoms with Crippen molar-refractivity contribution in [1.29, 1.82) is 0 Å². The minimum atomic E-state index is -0.996. The molecule has 0 saturated carbocycles. The number of nitrogens with one attached hydrogen (secondary N) is 6. The van der Waals surface area contributed by atoms with Crippen LogP contribution < -0.4 is 26.9 Å². The van der Waals surface area contributed by atoms with Crippen LogP contribution in [0.1, 0.15) is 82.2 Å². The van der Waals surface area contributed by atoms with Gasteiger partial charge in [0.1, 0.15) is 0 Å². The number of aliphatic carboxylic acids is 1. The van der Waals surface area contributed by atoms with Gasteiger partial charge in [-0.1, -0.05) is 224 Å². The molecule has 0 aliphatic carbocycles. The van der Waals surface area contributed by atoms with Crippen LogP contribution in [-0.4, -0.2) is 124 Å². The number of tetrazole rings is 2. The van der Waals surface area contributed by atoms with Crippen molar-refractivity contribution in [3.05, 3.63) is 264 Å². The van der Waals surface area contributed by atoms with Gasteiger partial charge in [0, 0.05) is 18.1 Å². The SMILES string of the molecule is CCOC(=O)C[C@@H](Cc1ccc(-c2ccccc2)cc1)NC(=O)C1=NNN(Cc2ccccc2)N1.CCOC(=O)C[C@@H](Cc1ccc(-c2ccccc2)cc1)NC(=O)c1nnnn1Cc1ccccc1.O=C(O)C[C@@H](Cc1ccc(-c2ccccc2)cc1)NC(=O)c1nn[nH]n1. The van der Waals surface area contributed by atoms with Crippen LogP contribution in [0.5, 0.6) is 0 Å². The molecule has 7 N–H and O–H groups in total. The summed E-state index contributed by atoms with van der Waals surface area (Å²) in [6, 6.07) is 72.1. The van der Waals surface area contributed by atoms with Crippen molar-refractivity contribution >= 4 is 41.5 Å². The number of esters is 2. The lowest BCUT2D eigenvalue weighted by atomic mass is 9.99. The molecule has 8 aromatic carbocycles. The van der Waals surface area contributed by atoms with Crippen molar-refractivity contribution in [1.82, 2.24) is 72.9 Å². The standard InChI is InChI=1S/C27H27N5O3.C27H29N5O3.C18H17N5O3/c1-2-35-25(33)18-24(17-20-13-15-23(16-14-20)22-11-7-4-8-12-22)28-27(34)26-29-30-31-32(26)19-21-9-5-3-6-10-21;1-2-35-25(33)18-24(17-20-13-15-23(16-14-20)22-11-7-4-8-12-22)28-27(34)26-29-31-32(30-26)19-21-9-5-3-6-10-21;24-16(25)11-15(19-18(26)17-20-22-23-21-17)10-12-6-8-14(9-7-12)13-4-2-1-3-5-13/h3-16,24H,2,17-19H2,1H3,(H,28,34);3-16,24,31H,2,17-19H2,1H3,(H,28,34)(H,29,30);1-9,15H,10-11H2,(H,19,26)(H,24,25)(H,20,21,22,23)/t2*24-;15-/m111/s1. The molecule has 24 heteroatoms. The van der Waals surface area contributed by atoms with E-state index < -0.39 is 41.8 Å². The van der Waals surface area contributed by atoms with E-state index in [1.165, 1.54) is 4.68 Å². The van der Waals surface area contributed by atoms with Crippen LogP contribution in [0.25, 0.3) is 33.4 Å². The fourth-order valence-electron chi connectivity index (χ4n) is 10.3. The number of hydrogen-bond donors (Lipinski definition) is 7. The van der Waals surface area contributed by atoms with Crippen molar-refractivity contribution in [3.63, 3.8) is 0 Å². The maximum Gasteiger partial charge on any atom is 0.307 e.